The molecule has 0 bridgehead atoms. The number of carbonyl (C=O) groups excluding carboxylic acids is 1. The maximum Gasteiger partial charge on any atom is 0.232 e. The van der Waals surface area contributed by atoms with Crippen LogP contribution in [0.25, 0.3) is 0 Å². The van der Waals surface area contributed by atoms with E-state index < -0.39 is 0 Å². The van der Waals surface area contributed by atoms with Crippen molar-refractivity contribution < 1.29 is 4.79 Å². The van der Waals surface area contributed by atoms with Crippen LogP contribution in [0.4, 0.5) is 0 Å². The fraction of sp³-hybridized carbons (Fsp3) is 0.889. The van der Waals surface area contributed by atoms with Crippen molar-refractivity contribution in [3.05, 3.63) is 0 Å². The van der Waals surface area contributed by atoms with Gasteiger partial charge in [-0.2, -0.15) is 0 Å². The van der Waals surface area contributed by atoms with Gasteiger partial charge in [-0.15, -0.1) is 0 Å². The highest BCUT2D eigenvalue weighted by Crippen LogP contribution is 2.06. The summed E-state index contributed by atoms with van der Waals surface area (Å²) in [5.74, 6) is 0.281. The second kappa shape index (κ2) is 5.14. The molecule has 1 fully saturated rings. The van der Waals surface area contributed by atoms with Gasteiger partial charge in [0, 0.05) is 32.2 Å². The van der Waals surface area contributed by atoms with Crippen molar-refractivity contribution in [1.82, 2.24) is 9.80 Å². The number of amides is 1. The number of rotatable bonds is 2. The first kappa shape index (κ1) is 11.2. The van der Waals surface area contributed by atoms with Crippen molar-refractivity contribution in [3.8, 4) is 0 Å². The summed E-state index contributed by atoms with van der Waals surface area (Å²) in [6.45, 7) is 8.27. The summed E-state index contributed by atoms with van der Waals surface area (Å²) in [6, 6.07) is 0.608. The van der Waals surface area contributed by atoms with Gasteiger partial charge in [-0.1, -0.05) is 22.6 Å². The van der Waals surface area contributed by atoms with E-state index in [1.54, 1.807) is 0 Å². The van der Waals surface area contributed by atoms with Crippen molar-refractivity contribution in [3.63, 3.8) is 0 Å². The molecule has 1 heterocycles. The van der Waals surface area contributed by atoms with Gasteiger partial charge < -0.3 is 4.90 Å². The monoisotopic (exact) mass is 296 g/mol. The molecule has 4 heteroatoms. The van der Waals surface area contributed by atoms with Crippen LogP contribution >= 0.6 is 22.6 Å². The zero-order valence-electron chi connectivity index (χ0n) is 8.29. The van der Waals surface area contributed by atoms with E-state index in [9.17, 15) is 4.79 Å². The Morgan fingerprint density at radius 1 is 1.31 bits per heavy atom. The molecular weight excluding hydrogens is 279 g/mol. The van der Waals surface area contributed by atoms with E-state index in [-0.39, 0.29) is 5.91 Å². The first-order valence-electron chi connectivity index (χ1n) is 4.73. The van der Waals surface area contributed by atoms with Crippen LogP contribution in [0.15, 0.2) is 0 Å². The Kier molecular flexibility index (Phi) is 4.45. The molecule has 0 spiro atoms. The predicted molar refractivity (Wildman–Crippen MR) is 62.2 cm³/mol. The summed E-state index contributed by atoms with van der Waals surface area (Å²) < 4.78 is 0.611. The molecule has 1 saturated heterocycles. The van der Waals surface area contributed by atoms with E-state index >= 15 is 0 Å². The van der Waals surface area contributed by atoms with Crippen LogP contribution in [0.5, 0.6) is 0 Å². The molecule has 0 aromatic heterocycles. The molecule has 3 nitrogen and oxygen atoms in total. The highest BCUT2D eigenvalue weighted by atomic mass is 127. The average Bonchev–Trinajstić information content (AvgIpc) is 2.17. The summed E-state index contributed by atoms with van der Waals surface area (Å²) in [5, 5.41) is 0. The van der Waals surface area contributed by atoms with Crippen molar-refractivity contribution >= 4 is 28.5 Å². The molecular formula is C9H17IN2O. The Morgan fingerprint density at radius 3 is 2.23 bits per heavy atom. The fourth-order valence-electron chi connectivity index (χ4n) is 1.57. The number of nitrogens with zero attached hydrogens (tertiary/aromatic N) is 2. The Hall–Kier alpha value is 0.160. The minimum Gasteiger partial charge on any atom is -0.339 e. The molecule has 0 aromatic rings. The molecule has 0 radical (unpaired) electrons. The number of alkyl halides is 1. The molecule has 13 heavy (non-hydrogen) atoms. The Balaban J connectivity index is 2.34. The molecule has 0 aromatic carbocycles. The van der Waals surface area contributed by atoms with E-state index in [0.29, 0.717) is 10.5 Å². The summed E-state index contributed by atoms with van der Waals surface area (Å²) in [6.07, 6.45) is 0. The second-order valence-electron chi connectivity index (χ2n) is 3.64. The lowest BCUT2D eigenvalue weighted by molar-refractivity contribution is -0.130. The van der Waals surface area contributed by atoms with Crippen LogP contribution in [0, 0.1) is 0 Å². The van der Waals surface area contributed by atoms with Crippen molar-refractivity contribution in [2.75, 3.05) is 30.6 Å². The smallest absolute Gasteiger partial charge is 0.232 e. The second-order valence-corrected chi connectivity index (χ2v) is 4.41. The lowest BCUT2D eigenvalue weighted by Gasteiger charge is -2.36. The van der Waals surface area contributed by atoms with Crippen molar-refractivity contribution in [2.24, 2.45) is 0 Å². The highest BCUT2D eigenvalue weighted by Gasteiger charge is 2.21. The third kappa shape index (κ3) is 3.09. The van der Waals surface area contributed by atoms with Gasteiger partial charge in [-0.25, -0.2) is 0 Å². The summed E-state index contributed by atoms with van der Waals surface area (Å²) in [7, 11) is 0. The third-order valence-electron chi connectivity index (χ3n) is 2.51. The van der Waals surface area contributed by atoms with Gasteiger partial charge >= 0.3 is 0 Å². The SMILES string of the molecule is CC(C)N1CCN(C(=O)CI)CC1. The summed E-state index contributed by atoms with van der Waals surface area (Å²) >= 11 is 2.13. The van der Waals surface area contributed by atoms with Crippen molar-refractivity contribution in [1.29, 1.82) is 0 Å². The van der Waals surface area contributed by atoms with Gasteiger partial charge in [0.2, 0.25) is 5.91 Å². The van der Waals surface area contributed by atoms with Gasteiger partial charge in [0.05, 0.1) is 4.43 Å². The normalized spacial score (nSPS) is 19.5. The lowest BCUT2D eigenvalue weighted by Crippen LogP contribution is -2.51. The van der Waals surface area contributed by atoms with Gasteiger partial charge in [-0.3, -0.25) is 9.69 Å². The van der Waals surface area contributed by atoms with Crippen LogP contribution in [0.1, 0.15) is 13.8 Å². The van der Waals surface area contributed by atoms with Crippen molar-refractivity contribution in [2.45, 2.75) is 19.9 Å². The van der Waals surface area contributed by atoms with Crippen LogP contribution in [-0.2, 0) is 4.79 Å². The molecule has 0 N–H and O–H groups in total. The van der Waals surface area contributed by atoms with E-state index in [0.717, 1.165) is 26.2 Å². The standard InChI is InChI=1S/C9H17IN2O/c1-8(2)11-3-5-12(6-4-11)9(13)7-10/h8H,3-7H2,1-2H3. The Labute approximate surface area is 93.6 Å². The molecule has 0 unspecified atom stereocenters. The van der Waals surface area contributed by atoms with E-state index in [1.165, 1.54) is 0 Å². The van der Waals surface area contributed by atoms with E-state index in [1.807, 2.05) is 4.90 Å². The molecule has 76 valence electrons. The van der Waals surface area contributed by atoms with Gasteiger partial charge in [0.1, 0.15) is 0 Å². The first-order valence-corrected chi connectivity index (χ1v) is 6.25. The zero-order valence-corrected chi connectivity index (χ0v) is 10.5. The maximum atomic E-state index is 11.3. The van der Waals surface area contributed by atoms with E-state index in [2.05, 4.69) is 41.3 Å². The van der Waals surface area contributed by atoms with Gasteiger partial charge in [0.25, 0.3) is 0 Å². The largest absolute Gasteiger partial charge is 0.339 e. The molecule has 1 rings (SSSR count). The average molecular weight is 296 g/mol. The van der Waals surface area contributed by atoms with Crippen LogP contribution in [0.2, 0.25) is 0 Å². The summed E-state index contributed by atoms with van der Waals surface area (Å²) in [4.78, 5) is 15.7. The minimum absolute atomic E-state index is 0.281. The molecule has 1 aliphatic rings. The molecule has 1 amide bonds. The molecule has 0 saturated carbocycles. The topological polar surface area (TPSA) is 23.6 Å². The molecule has 1 aliphatic heterocycles. The zero-order chi connectivity index (χ0) is 9.84. The number of hydrogen-bond donors (Lipinski definition) is 0. The molecule has 0 aliphatic carbocycles. The van der Waals surface area contributed by atoms with Gasteiger partial charge in [-0.05, 0) is 13.8 Å². The number of carbonyl (C=O) groups is 1. The number of piperazine rings is 1. The maximum absolute atomic E-state index is 11.3. The molecule has 0 atom stereocenters. The predicted octanol–water partition coefficient (Wildman–Crippen LogP) is 0.974. The lowest BCUT2D eigenvalue weighted by atomic mass is 10.2. The minimum atomic E-state index is 0.281. The van der Waals surface area contributed by atoms with Crippen LogP contribution in [0.3, 0.4) is 0 Å². The van der Waals surface area contributed by atoms with Crippen LogP contribution in [-0.4, -0.2) is 52.4 Å². The number of halogens is 1. The van der Waals surface area contributed by atoms with Gasteiger partial charge in [0.15, 0.2) is 0 Å². The fourth-order valence-corrected chi connectivity index (χ4v) is 2.05. The van der Waals surface area contributed by atoms with Crippen LogP contribution < -0.4 is 0 Å². The quantitative estimate of drug-likeness (QED) is 0.560. The third-order valence-corrected chi connectivity index (χ3v) is 3.16. The highest BCUT2D eigenvalue weighted by molar-refractivity contribution is 14.1. The van der Waals surface area contributed by atoms with E-state index in [4.69, 9.17) is 0 Å². The summed E-state index contributed by atoms with van der Waals surface area (Å²) in [5.41, 5.74) is 0. The Bertz CT molecular complexity index is 176. The Morgan fingerprint density at radius 2 is 1.85 bits per heavy atom. The first-order chi connectivity index (χ1) is 6.15. The number of hydrogen-bond acceptors (Lipinski definition) is 2.